The zero-order chi connectivity index (χ0) is 21.9. The number of likely N-dealkylation sites (tertiary alicyclic amines) is 1. The molecule has 9 heteroatoms. The molecule has 0 saturated carbocycles. The maximum absolute atomic E-state index is 12.7. The fraction of sp³-hybridized carbons (Fsp3) is 0.783. The minimum atomic E-state index is 0. The number of carbonyl (C=O) groups excluding carboxylic acids is 1. The molecule has 2 aliphatic heterocycles. The van der Waals surface area contributed by atoms with Gasteiger partial charge < -0.3 is 19.7 Å². The normalized spacial score (nSPS) is 18.2. The van der Waals surface area contributed by atoms with E-state index in [4.69, 9.17) is 4.99 Å². The van der Waals surface area contributed by atoms with Gasteiger partial charge in [0.25, 0.3) is 0 Å². The zero-order valence-corrected chi connectivity index (χ0v) is 22.3. The van der Waals surface area contributed by atoms with Crippen LogP contribution in [0.1, 0.15) is 51.3 Å². The molecule has 8 nitrogen and oxygen atoms in total. The van der Waals surface area contributed by atoms with E-state index in [2.05, 4.69) is 36.5 Å². The Morgan fingerprint density at radius 1 is 1.03 bits per heavy atom. The number of unbranched alkanes of at least 4 members (excludes halogenated alkanes) is 1. The first-order valence-corrected chi connectivity index (χ1v) is 12.2. The van der Waals surface area contributed by atoms with Gasteiger partial charge in [-0.15, -0.1) is 24.0 Å². The molecule has 2 aliphatic rings. The molecule has 1 aromatic rings. The number of halogens is 1. The maximum Gasteiger partial charge on any atom is 0.236 e. The molecule has 1 aromatic heterocycles. The van der Waals surface area contributed by atoms with Gasteiger partial charge in [0.15, 0.2) is 5.96 Å². The zero-order valence-electron chi connectivity index (χ0n) is 20.0. The highest BCUT2D eigenvalue weighted by atomic mass is 127. The fourth-order valence-corrected chi connectivity index (χ4v) is 4.37. The summed E-state index contributed by atoms with van der Waals surface area (Å²) in [7, 11) is 0. The lowest BCUT2D eigenvalue weighted by Gasteiger charge is -2.37. The third-order valence-electron chi connectivity index (χ3n) is 6.32. The van der Waals surface area contributed by atoms with E-state index in [-0.39, 0.29) is 24.0 Å². The largest absolute Gasteiger partial charge is 0.357 e. The Kier molecular flexibility index (Phi) is 12.4. The number of carbonyl (C=O) groups is 1. The van der Waals surface area contributed by atoms with Crippen molar-refractivity contribution in [3.63, 3.8) is 0 Å². The molecule has 2 fully saturated rings. The van der Waals surface area contributed by atoms with E-state index < -0.39 is 0 Å². The third kappa shape index (κ3) is 8.53. The maximum atomic E-state index is 12.7. The van der Waals surface area contributed by atoms with E-state index in [0.29, 0.717) is 12.5 Å². The van der Waals surface area contributed by atoms with Crippen LogP contribution in [-0.2, 0) is 11.3 Å². The molecule has 3 heterocycles. The third-order valence-corrected chi connectivity index (χ3v) is 6.32. The van der Waals surface area contributed by atoms with Crippen LogP contribution in [0, 0.1) is 6.92 Å². The van der Waals surface area contributed by atoms with Crippen molar-refractivity contribution < 1.29 is 4.79 Å². The van der Waals surface area contributed by atoms with Gasteiger partial charge in [-0.3, -0.25) is 14.7 Å². The summed E-state index contributed by atoms with van der Waals surface area (Å²) in [6.07, 6.45) is 10.9. The van der Waals surface area contributed by atoms with Crippen LogP contribution in [-0.4, -0.2) is 95.0 Å². The SMILES string of the molecule is CCNC(=NCCCCn1ccnc1C)N1CCN(CC(=O)N2CCCCCC2)CC1.I. The Morgan fingerprint density at radius 2 is 1.75 bits per heavy atom. The number of hydrogen-bond donors (Lipinski definition) is 1. The van der Waals surface area contributed by atoms with Crippen molar-refractivity contribution in [3.05, 3.63) is 18.2 Å². The van der Waals surface area contributed by atoms with Gasteiger partial charge in [0, 0.05) is 71.3 Å². The van der Waals surface area contributed by atoms with Crippen LogP contribution in [0.3, 0.4) is 0 Å². The Labute approximate surface area is 210 Å². The van der Waals surface area contributed by atoms with Crippen LogP contribution in [0.15, 0.2) is 17.4 Å². The number of nitrogens with one attached hydrogen (secondary N) is 1. The Bertz CT molecular complexity index is 692. The number of aromatic nitrogens is 2. The van der Waals surface area contributed by atoms with Crippen LogP contribution in [0.4, 0.5) is 0 Å². The quantitative estimate of drug-likeness (QED) is 0.230. The van der Waals surface area contributed by atoms with Gasteiger partial charge in [-0.2, -0.15) is 0 Å². The van der Waals surface area contributed by atoms with Gasteiger partial charge in [0.2, 0.25) is 5.91 Å². The number of guanidine groups is 1. The molecule has 3 rings (SSSR count). The molecule has 182 valence electrons. The van der Waals surface area contributed by atoms with Gasteiger partial charge in [-0.1, -0.05) is 12.8 Å². The highest BCUT2D eigenvalue weighted by Crippen LogP contribution is 2.11. The van der Waals surface area contributed by atoms with Gasteiger partial charge in [-0.05, 0) is 39.5 Å². The van der Waals surface area contributed by atoms with Crippen molar-refractivity contribution in [1.29, 1.82) is 0 Å². The van der Waals surface area contributed by atoms with Gasteiger partial charge >= 0.3 is 0 Å². The predicted molar refractivity (Wildman–Crippen MR) is 141 cm³/mol. The predicted octanol–water partition coefficient (Wildman–Crippen LogP) is 2.58. The first-order chi connectivity index (χ1) is 15.2. The highest BCUT2D eigenvalue weighted by molar-refractivity contribution is 14.0. The van der Waals surface area contributed by atoms with Crippen LogP contribution in [0.2, 0.25) is 0 Å². The number of rotatable bonds is 8. The number of hydrogen-bond acceptors (Lipinski definition) is 4. The molecule has 0 radical (unpaired) electrons. The van der Waals surface area contributed by atoms with Crippen LogP contribution in [0.5, 0.6) is 0 Å². The minimum absolute atomic E-state index is 0. The first-order valence-electron chi connectivity index (χ1n) is 12.2. The van der Waals surface area contributed by atoms with Crippen LogP contribution < -0.4 is 5.32 Å². The molecular formula is C23H42IN7O. The summed E-state index contributed by atoms with van der Waals surface area (Å²) in [6, 6.07) is 0. The second-order valence-electron chi connectivity index (χ2n) is 8.67. The monoisotopic (exact) mass is 559 g/mol. The second-order valence-corrected chi connectivity index (χ2v) is 8.67. The Hall–Kier alpha value is -1.36. The van der Waals surface area contributed by atoms with E-state index in [1.165, 1.54) is 12.8 Å². The van der Waals surface area contributed by atoms with Gasteiger partial charge in [0.05, 0.1) is 6.54 Å². The van der Waals surface area contributed by atoms with Gasteiger partial charge in [-0.25, -0.2) is 4.98 Å². The number of nitrogens with zero attached hydrogens (tertiary/aromatic N) is 6. The fourth-order valence-electron chi connectivity index (χ4n) is 4.37. The molecular weight excluding hydrogens is 517 g/mol. The van der Waals surface area contributed by atoms with Crippen molar-refractivity contribution >= 4 is 35.8 Å². The molecule has 2 saturated heterocycles. The smallest absolute Gasteiger partial charge is 0.236 e. The molecule has 32 heavy (non-hydrogen) atoms. The van der Waals surface area contributed by atoms with E-state index in [1.807, 2.05) is 19.3 Å². The first kappa shape index (κ1) is 26.9. The van der Waals surface area contributed by atoms with E-state index >= 15 is 0 Å². The lowest BCUT2D eigenvalue weighted by atomic mass is 10.2. The number of piperazine rings is 1. The van der Waals surface area contributed by atoms with E-state index in [0.717, 1.165) is 96.4 Å². The minimum Gasteiger partial charge on any atom is -0.357 e. The number of amides is 1. The average Bonchev–Trinajstić information content (AvgIpc) is 3.01. The molecule has 0 bridgehead atoms. The van der Waals surface area contributed by atoms with Crippen molar-refractivity contribution in [2.45, 2.75) is 58.9 Å². The number of aliphatic imine (C=N–C) groups is 1. The Balaban J connectivity index is 0.00000363. The lowest BCUT2D eigenvalue weighted by molar-refractivity contribution is -0.132. The Morgan fingerprint density at radius 3 is 2.38 bits per heavy atom. The van der Waals surface area contributed by atoms with E-state index in [9.17, 15) is 4.79 Å². The summed E-state index contributed by atoms with van der Waals surface area (Å²) < 4.78 is 2.20. The molecule has 0 atom stereocenters. The van der Waals surface area contributed by atoms with Crippen molar-refractivity contribution in [2.75, 3.05) is 58.9 Å². The molecule has 0 aliphatic carbocycles. The van der Waals surface area contributed by atoms with Crippen LogP contribution in [0.25, 0.3) is 0 Å². The summed E-state index contributed by atoms with van der Waals surface area (Å²) >= 11 is 0. The summed E-state index contributed by atoms with van der Waals surface area (Å²) in [6.45, 7) is 13.0. The summed E-state index contributed by atoms with van der Waals surface area (Å²) in [4.78, 5) is 28.5. The lowest BCUT2D eigenvalue weighted by Crippen LogP contribution is -2.54. The molecule has 1 amide bonds. The molecule has 0 unspecified atom stereocenters. The summed E-state index contributed by atoms with van der Waals surface area (Å²) in [5, 5.41) is 3.45. The standard InChI is InChI=1S/C23H41N7O.HI/c1-3-24-23(26-10-6-9-12-28-15-11-25-21(28)2)30-18-16-27(17-19-30)20-22(31)29-13-7-4-5-8-14-29;/h11,15H,3-10,12-14,16-20H2,1-2H3,(H,24,26);1H. The highest BCUT2D eigenvalue weighted by Gasteiger charge is 2.23. The van der Waals surface area contributed by atoms with E-state index in [1.54, 1.807) is 0 Å². The average molecular weight is 560 g/mol. The van der Waals surface area contributed by atoms with Crippen molar-refractivity contribution in [1.82, 2.24) is 29.6 Å². The topological polar surface area (TPSA) is 69.0 Å². The van der Waals surface area contributed by atoms with Crippen molar-refractivity contribution in [2.24, 2.45) is 4.99 Å². The summed E-state index contributed by atoms with van der Waals surface area (Å²) in [5.41, 5.74) is 0. The second kappa shape index (κ2) is 14.7. The molecule has 0 aromatic carbocycles. The number of aryl methyl sites for hydroxylation is 2. The van der Waals surface area contributed by atoms with Gasteiger partial charge in [0.1, 0.15) is 5.82 Å². The molecule has 1 N–H and O–H groups in total. The summed E-state index contributed by atoms with van der Waals surface area (Å²) in [5.74, 6) is 2.40. The van der Waals surface area contributed by atoms with Crippen molar-refractivity contribution in [3.8, 4) is 0 Å². The number of imidazole rings is 1. The molecule has 0 spiro atoms. The van der Waals surface area contributed by atoms with Crippen LogP contribution >= 0.6 is 24.0 Å².